The second-order valence-electron chi connectivity index (χ2n) is 12.9. The van der Waals surface area contributed by atoms with Crippen LogP contribution in [0.15, 0.2) is 76.1 Å². The molecule has 3 aliphatic rings. The molecule has 2 saturated carbocycles. The van der Waals surface area contributed by atoms with E-state index in [1.807, 2.05) is 18.2 Å². The molecular weight excluding hydrogens is 590 g/mol. The number of hydrogen-bond acceptors (Lipinski definition) is 4. The van der Waals surface area contributed by atoms with Crippen molar-refractivity contribution in [3.63, 3.8) is 0 Å². The highest BCUT2D eigenvalue weighted by molar-refractivity contribution is 9.10. The second kappa shape index (κ2) is 12.9. The third-order valence-corrected chi connectivity index (χ3v) is 10.5. The number of aromatic nitrogens is 1. The molecule has 5 nitrogen and oxygen atoms in total. The van der Waals surface area contributed by atoms with Gasteiger partial charge in [0.05, 0.1) is 6.10 Å². The van der Waals surface area contributed by atoms with Gasteiger partial charge in [-0.25, -0.2) is 0 Å². The first kappa shape index (κ1) is 29.4. The zero-order valence-corrected chi connectivity index (χ0v) is 25.9. The lowest BCUT2D eigenvalue weighted by molar-refractivity contribution is 0.0344. The molecule has 2 fully saturated rings. The van der Waals surface area contributed by atoms with E-state index >= 15 is 0 Å². The number of carbonyl (C=O) groups excluding carboxylic acids is 1. The van der Waals surface area contributed by atoms with E-state index in [4.69, 9.17) is 4.74 Å². The molecule has 42 heavy (non-hydrogen) atoms. The second-order valence-corrected chi connectivity index (χ2v) is 13.8. The number of aliphatic hydroxyl groups excluding tert-OH is 1. The summed E-state index contributed by atoms with van der Waals surface area (Å²) in [6.07, 6.45) is 13.3. The predicted octanol–water partition coefficient (Wildman–Crippen LogP) is 8.18. The van der Waals surface area contributed by atoms with Crippen molar-refractivity contribution in [2.24, 2.45) is 5.92 Å². The van der Waals surface area contributed by atoms with Crippen molar-refractivity contribution < 1.29 is 14.6 Å². The fraction of sp³-hybridized carbons (Fsp3) is 0.500. The smallest absolute Gasteiger partial charge is 0.250 e. The summed E-state index contributed by atoms with van der Waals surface area (Å²) in [5.74, 6) is 1.07. The van der Waals surface area contributed by atoms with Crippen molar-refractivity contribution in [3.05, 3.63) is 98.4 Å². The van der Waals surface area contributed by atoms with Crippen LogP contribution in [-0.4, -0.2) is 27.2 Å². The maximum Gasteiger partial charge on any atom is 0.250 e. The van der Waals surface area contributed by atoms with Crippen molar-refractivity contribution in [3.8, 4) is 5.75 Å². The summed E-state index contributed by atoms with van der Waals surface area (Å²) in [6.45, 7) is 0. The van der Waals surface area contributed by atoms with Crippen molar-refractivity contribution >= 4 is 21.7 Å². The average molecular weight is 633 g/mol. The van der Waals surface area contributed by atoms with E-state index in [1.54, 1.807) is 16.8 Å². The molecule has 0 saturated heterocycles. The van der Waals surface area contributed by atoms with Gasteiger partial charge in [-0.1, -0.05) is 59.1 Å². The van der Waals surface area contributed by atoms with Crippen LogP contribution in [0.4, 0.5) is 0 Å². The number of pyridine rings is 1. The Morgan fingerprint density at radius 1 is 1.02 bits per heavy atom. The van der Waals surface area contributed by atoms with Gasteiger partial charge in [-0.3, -0.25) is 9.59 Å². The van der Waals surface area contributed by atoms with Gasteiger partial charge in [0.15, 0.2) is 5.78 Å². The van der Waals surface area contributed by atoms with Crippen molar-refractivity contribution in [2.75, 3.05) is 0 Å². The molecule has 3 atom stereocenters. The van der Waals surface area contributed by atoms with Crippen LogP contribution in [0, 0.1) is 5.92 Å². The number of rotatable bonds is 10. The quantitative estimate of drug-likeness (QED) is 0.229. The number of benzene rings is 2. The van der Waals surface area contributed by atoms with Crippen LogP contribution in [-0.2, 0) is 6.42 Å². The number of fused-ring (bicyclic) bond motifs is 1. The van der Waals surface area contributed by atoms with Crippen LogP contribution in [0.25, 0.3) is 0 Å². The molecule has 1 aromatic heterocycles. The van der Waals surface area contributed by atoms with Crippen LogP contribution >= 0.6 is 15.9 Å². The van der Waals surface area contributed by atoms with Crippen molar-refractivity contribution in [1.82, 2.24) is 4.57 Å². The summed E-state index contributed by atoms with van der Waals surface area (Å²) >= 11 is 3.65. The number of Topliss-reactive ketones (excluding diaryl/α,β-unsaturated/α-hetero) is 1. The zero-order chi connectivity index (χ0) is 29.1. The molecule has 6 heteroatoms. The topological polar surface area (TPSA) is 68.5 Å². The van der Waals surface area contributed by atoms with E-state index in [1.165, 1.54) is 24.5 Å². The third-order valence-electron chi connectivity index (χ3n) is 9.99. The van der Waals surface area contributed by atoms with Crippen LogP contribution in [0.2, 0.25) is 0 Å². The van der Waals surface area contributed by atoms with E-state index < -0.39 is 6.10 Å². The molecule has 0 bridgehead atoms. The first-order valence-corrected chi connectivity index (χ1v) is 16.6. The minimum absolute atomic E-state index is 0.00743. The highest BCUT2D eigenvalue weighted by atomic mass is 79.9. The maximum atomic E-state index is 13.7. The van der Waals surface area contributed by atoms with Gasteiger partial charge in [0, 0.05) is 34.8 Å². The average Bonchev–Trinajstić information content (AvgIpc) is 3.69. The Morgan fingerprint density at radius 2 is 1.79 bits per heavy atom. The lowest BCUT2D eigenvalue weighted by Crippen LogP contribution is -2.38. The fourth-order valence-corrected chi connectivity index (χ4v) is 8.09. The molecule has 3 aromatic rings. The number of hydrogen-bond donors (Lipinski definition) is 1. The van der Waals surface area contributed by atoms with Gasteiger partial charge in [-0.2, -0.15) is 0 Å². The molecule has 2 aliphatic carbocycles. The van der Waals surface area contributed by atoms with Gasteiger partial charge in [-0.05, 0) is 111 Å². The molecule has 1 N–H and O–H groups in total. The summed E-state index contributed by atoms with van der Waals surface area (Å²) < 4.78 is 9.42. The first-order chi connectivity index (χ1) is 20.4. The molecule has 6 rings (SSSR count). The van der Waals surface area contributed by atoms with Gasteiger partial charge < -0.3 is 14.4 Å². The Labute approximate surface area is 257 Å². The van der Waals surface area contributed by atoms with E-state index in [0.29, 0.717) is 24.3 Å². The van der Waals surface area contributed by atoms with Crippen LogP contribution < -0.4 is 10.3 Å². The van der Waals surface area contributed by atoms with Gasteiger partial charge in [0.1, 0.15) is 11.4 Å². The summed E-state index contributed by atoms with van der Waals surface area (Å²) in [5.41, 5.74) is 2.79. The number of ketones is 1. The molecule has 1 spiro atoms. The monoisotopic (exact) mass is 631 g/mol. The van der Waals surface area contributed by atoms with E-state index in [9.17, 15) is 14.7 Å². The number of ether oxygens (including phenoxy) is 1. The Bertz CT molecular complexity index is 1440. The van der Waals surface area contributed by atoms with Gasteiger partial charge in [0.25, 0.3) is 5.56 Å². The highest BCUT2D eigenvalue weighted by Crippen LogP contribution is 2.50. The molecule has 0 unspecified atom stereocenters. The fourth-order valence-electron chi connectivity index (χ4n) is 7.71. The Kier molecular flexibility index (Phi) is 9.01. The SMILES string of the molecule is O=C(C[C@@H](Cc1ccccc1)[C@H](O)CC[C@H]1CC2(CCCC2)Oc2ccc(Br)cc21)c1ccc(=O)n(C2CCCC2)c1. The van der Waals surface area contributed by atoms with Crippen LogP contribution in [0.5, 0.6) is 5.75 Å². The Morgan fingerprint density at radius 3 is 2.55 bits per heavy atom. The molecular formula is C36H42BrNO4. The number of halogens is 1. The van der Waals surface area contributed by atoms with Gasteiger partial charge in [-0.15, -0.1) is 0 Å². The molecule has 222 valence electrons. The molecule has 0 amide bonds. The number of nitrogens with zero attached hydrogens (tertiary/aromatic N) is 1. The summed E-state index contributed by atoms with van der Waals surface area (Å²) in [6, 6.07) is 19.9. The number of aliphatic hydroxyl groups is 1. The molecule has 0 radical (unpaired) electrons. The first-order valence-electron chi connectivity index (χ1n) is 15.8. The molecule has 2 aromatic carbocycles. The van der Waals surface area contributed by atoms with Gasteiger partial charge >= 0.3 is 0 Å². The molecule has 1 aliphatic heterocycles. The summed E-state index contributed by atoms with van der Waals surface area (Å²) in [5, 5.41) is 11.7. The standard InChI is InChI=1S/C36H42BrNO4/c37-29-14-16-34-31(22-29)26(23-36(42-34)18-6-7-19-36)12-15-32(39)28(20-25-8-2-1-3-9-25)21-33(40)27-13-17-35(41)38(24-27)30-10-4-5-11-30/h1-3,8-9,13-14,16-17,22,24,26,28,30,32,39H,4-7,10-12,15,18-21,23H2/t26-,28+,32+/m0/s1. The number of carbonyl (C=O) groups is 1. The summed E-state index contributed by atoms with van der Waals surface area (Å²) in [7, 11) is 0. The minimum atomic E-state index is -0.618. The third kappa shape index (κ3) is 6.60. The van der Waals surface area contributed by atoms with Crippen molar-refractivity contribution in [1.29, 1.82) is 0 Å². The summed E-state index contributed by atoms with van der Waals surface area (Å²) in [4.78, 5) is 26.2. The lowest BCUT2D eigenvalue weighted by atomic mass is 9.77. The largest absolute Gasteiger partial charge is 0.487 e. The van der Waals surface area contributed by atoms with E-state index in [0.717, 1.165) is 67.2 Å². The predicted molar refractivity (Wildman–Crippen MR) is 169 cm³/mol. The van der Waals surface area contributed by atoms with E-state index in [2.05, 4.69) is 46.3 Å². The van der Waals surface area contributed by atoms with Crippen LogP contribution in [0.1, 0.15) is 110 Å². The zero-order valence-electron chi connectivity index (χ0n) is 24.3. The van der Waals surface area contributed by atoms with Gasteiger partial charge in [0.2, 0.25) is 0 Å². The maximum absolute atomic E-state index is 13.7. The minimum Gasteiger partial charge on any atom is -0.487 e. The Balaban J connectivity index is 1.20. The normalized spacial score (nSPS) is 21.1. The lowest BCUT2D eigenvalue weighted by Gasteiger charge is -2.40. The van der Waals surface area contributed by atoms with E-state index in [-0.39, 0.29) is 35.3 Å². The Hall–Kier alpha value is -2.70. The van der Waals surface area contributed by atoms with Crippen molar-refractivity contribution in [2.45, 2.75) is 107 Å². The molecule has 2 heterocycles. The highest BCUT2D eigenvalue weighted by Gasteiger charge is 2.43. The van der Waals surface area contributed by atoms with Crippen LogP contribution in [0.3, 0.4) is 0 Å².